The minimum atomic E-state index is -2.85. The van der Waals surface area contributed by atoms with Gasteiger partial charge in [-0.1, -0.05) is 49.6 Å². The van der Waals surface area contributed by atoms with E-state index in [0.29, 0.717) is 18.3 Å². The number of hydrogen-bond donors (Lipinski definition) is 1. The second-order valence-corrected chi connectivity index (χ2v) is 8.94. The van der Waals surface area contributed by atoms with Crippen molar-refractivity contribution in [1.29, 1.82) is 0 Å². The van der Waals surface area contributed by atoms with Crippen LogP contribution in [-0.4, -0.2) is 26.0 Å². The topological polar surface area (TPSA) is 46.2 Å². The van der Waals surface area contributed by atoms with Crippen molar-refractivity contribution in [2.45, 2.75) is 49.8 Å². The largest absolute Gasteiger partial charge is 0.309 e. The molecule has 1 heterocycles. The first-order valence-corrected chi connectivity index (χ1v) is 9.86. The molecule has 0 radical (unpaired) electrons. The Kier molecular flexibility index (Phi) is 4.65. The van der Waals surface area contributed by atoms with Gasteiger partial charge < -0.3 is 5.32 Å². The highest BCUT2D eigenvalue weighted by molar-refractivity contribution is 7.92. The Balaban J connectivity index is 1.64. The molecule has 2 atom stereocenters. The molecule has 1 aromatic carbocycles. The molecule has 0 amide bonds. The van der Waals surface area contributed by atoms with E-state index < -0.39 is 9.84 Å². The van der Waals surface area contributed by atoms with Crippen molar-refractivity contribution in [2.24, 2.45) is 5.92 Å². The predicted molar refractivity (Wildman–Crippen MR) is 86.0 cm³/mol. The van der Waals surface area contributed by atoms with Crippen LogP contribution in [0.3, 0.4) is 0 Å². The fraction of sp³-hybridized carbons (Fsp3) is 0.647. The fourth-order valence-electron chi connectivity index (χ4n) is 3.45. The zero-order valence-corrected chi connectivity index (χ0v) is 13.3. The van der Waals surface area contributed by atoms with Gasteiger partial charge in [0.25, 0.3) is 0 Å². The van der Waals surface area contributed by atoms with Crippen LogP contribution in [-0.2, 0) is 9.84 Å². The maximum absolute atomic E-state index is 12.0. The lowest BCUT2D eigenvalue weighted by Gasteiger charge is -2.31. The molecule has 21 heavy (non-hydrogen) atoms. The third kappa shape index (κ3) is 3.67. The van der Waals surface area contributed by atoms with Crippen molar-refractivity contribution in [3.63, 3.8) is 0 Å². The summed E-state index contributed by atoms with van der Waals surface area (Å²) < 4.78 is 23.9. The van der Waals surface area contributed by atoms with E-state index >= 15 is 0 Å². The standard InChI is InChI=1S/C17H25NO2S/c19-21(20)11-5-10-16(21)13-18-17(12-14-6-4-7-14)15-8-2-1-3-9-15/h1-3,8-9,14,16-18H,4-7,10-13H2/t16-,17-/m1/s1. The third-order valence-electron chi connectivity index (χ3n) is 5.05. The number of nitrogens with one attached hydrogen (secondary N) is 1. The van der Waals surface area contributed by atoms with Crippen LogP contribution >= 0.6 is 0 Å². The van der Waals surface area contributed by atoms with Gasteiger partial charge in [0.05, 0.1) is 11.0 Å². The van der Waals surface area contributed by atoms with E-state index in [1.165, 1.54) is 24.8 Å². The molecule has 2 aliphatic rings. The van der Waals surface area contributed by atoms with Gasteiger partial charge in [-0.25, -0.2) is 8.42 Å². The van der Waals surface area contributed by atoms with Crippen LogP contribution in [0.25, 0.3) is 0 Å². The molecule has 0 unspecified atom stereocenters. The third-order valence-corrected chi connectivity index (χ3v) is 7.33. The van der Waals surface area contributed by atoms with Gasteiger partial charge in [-0.15, -0.1) is 0 Å². The maximum atomic E-state index is 12.0. The van der Waals surface area contributed by atoms with Crippen LogP contribution in [0.1, 0.15) is 50.1 Å². The van der Waals surface area contributed by atoms with Gasteiger partial charge in [0.2, 0.25) is 0 Å². The summed E-state index contributed by atoms with van der Waals surface area (Å²) in [4.78, 5) is 0. The molecule has 3 nitrogen and oxygen atoms in total. The molecular weight excluding hydrogens is 282 g/mol. The Labute approximate surface area is 128 Å². The van der Waals surface area contributed by atoms with Crippen molar-refractivity contribution in [1.82, 2.24) is 5.32 Å². The van der Waals surface area contributed by atoms with Crippen molar-refractivity contribution in [3.05, 3.63) is 35.9 Å². The lowest BCUT2D eigenvalue weighted by molar-refractivity contribution is 0.261. The van der Waals surface area contributed by atoms with Gasteiger partial charge in [-0.2, -0.15) is 0 Å². The lowest BCUT2D eigenvalue weighted by atomic mass is 9.79. The molecule has 0 aromatic heterocycles. The van der Waals surface area contributed by atoms with Crippen molar-refractivity contribution in [2.75, 3.05) is 12.3 Å². The van der Waals surface area contributed by atoms with E-state index in [2.05, 4.69) is 29.6 Å². The number of rotatable bonds is 6. The molecular formula is C17H25NO2S. The highest BCUT2D eigenvalue weighted by atomic mass is 32.2. The minimum absolute atomic E-state index is 0.176. The zero-order chi connectivity index (χ0) is 14.7. The highest BCUT2D eigenvalue weighted by Crippen LogP contribution is 2.35. The maximum Gasteiger partial charge on any atom is 0.154 e. The van der Waals surface area contributed by atoms with E-state index in [0.717, 1.165) is 25.2 Å². The van der Waals surface area contributed by atoms with Gasteiger partial charge in [-0.3, -0.25) is 0 Å². The summed E-state index contributed by atoms with van der Waals surface area (Å²) in [7, 11) is -2.85. The average molecular weight is 307 g/mol. The Bertz CT molecular complexity index is 551. The molecule has 1 saturated heterocycles. The second kappa shape index (κ2) is 6.49. The summed E-state index contributed by atoms with van der Waals surface area (Å²) in [5, 5.41) is 3.38. The number of benzene rings is 1. The van der Waals surface area contributed by atoms with Crippen LogP contribution in [0, 0.1) is 5.92 Å². The molecule has 1 aliphatic carbocycles. The molecule has 0 spiro atoms. The quantitative estimate of drug-likeness (QED) is 0.878. The second-order valence-electron chi connectivity index (χ2n) is 6.54. The molecule has 3 rings (SSSR count). The van der Waals surface area contributed by atoms with Crippen LogP contribution in [0.2, 0.25) is 0 Å². The van der Waals surface area contributed by atoms with Crippen LogP contribution in [0.5, 0.6) is 0 Å². The fourth-order valence-corrected chi connectivity index (χ4v) is 5.22. The monoisotopic (exact) mass is 307 g/mol. The number of sulfone groups is 1. The van der Waals surface area contributed by atoms with Crippen molar-refractivity contribution >= 4 is 9.84 Å². The molecule has 0 bridgehead atoms. The van der Waals surface area contributed by atoms with Gasteiger partial charge in [0.15, 0.2) is 9.84 Å². The SMILES string of the molecule is O=S1(=O)CCC[C@@H]1CN[C@H](CC1CCC1)c1ccccc1. The van der Waals surface area contributed by atoms with Gasteiger partial charge in [0, 0.05) is 12.6 Å². The first-order valence-electron chi connectivity index (χ1n) is 8.15. The Hall–Kier alpha value is -0.870. The zero-order valence-electron chi connectivity index (χ0n) is 12.5. The van der Waals surface area contributed by atoms with Crippen LogP contribution in [0.4, 0.5) is 0 Å². The van der Waals surface area contributed by atoms with Gasteiger partial charge >= 0.3 is 0 Å². The highest BCUT2D eigenvalue weighted by Gasteiger charge is 2.32. The van der Waals surface area contributed by atoms with Gasteiger partial charge in [-0.05, 0) is 30.7 Å². The van der Waals surface area contributed by atoms with Crippen LogP contribution in [0.15, 0.2) is 30.3 Å². The van der Waals surface area contributed by atoms with E-state index in [-0.39, 0.29) is 5.25 Å². The number of hydrogen-bond acceptors (Lipinski definition) is 3. The molecule has 1 aliphatic heterocycles. The van der Waals surface area contributed by atoms with E-state index in [1.54, 1.807) is 0 Å². The Morgan fingerprint density at radius 1 is 1.10 bits per heavy atom. The van der Waals surface area contributed by atoms with Crippen LogP contribution < -0.4 is 5.32 Å². The van der Waals surface area contributed by atoms with E-state index in [4.69, 9.17) is 0 Å². The summed E-state index contributed by atoms with van der Waals surface area (Å²) in [5.41, 5.74) is 1.29. The Morgan fingerprint density at radius 2 is 1.86 bits per heavy atom. The summed E-state index contributed by atoms with van der Waals surface area (Å²) in [5.74, 6) is 1.18. The van der Waals surface area contributed by atoms with Crippen molar-refractivity contribution in [3.8, 4) is 0 Å². The molecule has 116 valence electrons. The predicted octanol–water partition coefficient (Wildman–Crippen LogP) is 3.08. The van der Waals surface area contributed by atoms with E-state index in [9.17, 15) is 8.42 Å². The molecule has 4 heteroatoms. The first kappa shape index (κ1) is 15.0. The normalized spacial score (nSPS) is 26.4. The van der Waals surface area contributed by atoms with E-state index in [1.807, 2.05) is 6.07 Å². The Morgan fingerprint density at radius 3 is 2.43 bits per heavy atom. The summed E-state index contributed by atoms with van der Waals surface area (Å²) in [6.45, 7) is 0.606. The molecule has 1 N–H and O–H groups in total. The first-order chi connectivity index (χ1) is 10.1. The molecule has 1 saturated carbocycles. The lowest BCUT2D eigenvalue weighted by Crippen LogP contribution is -2.34. The summed E-state index contributed by atoms with van der Waals surface area (Å²) in [6.07, 6.45) is 6.78. The smallest absolute Gasteiger partial charge is 0.154 e. The van der Waals surface area contributed by atoms with Crippen molar-refractivity contribution < 1.29 is 8.42 Å². The summed E-state index contributed by atoms with van der Waals surface area (Å²) >= 11 is 0. The molecule has 2 fully saturated rings. The van der Waals surface area contributed by atoms with Gasteiger partial charge in [0.1, 0.15) is 0 Å². The average Bonchev–Trinajstić information content (AvgIpc) is 2.77. The minimum Gasteiger partial charge on any atom is -0.309 e. The summed E-state index contributed by atoms with van der Waals surface area (Å²) in [6, 6.07) is 10.8. The molecule has 1 aromatic rings.